The summed E-state index contributed by atoms with van der Waals surface area (Å²) >= 11 is 5.75. The fourth-order valence-corrected chi connectivity index (χ4v) is 2.67. The predicted octanol–water partition coefficient (Wildman–Crippen LogP) is 4.35. The Bertz CT molecular complexity index is 614. The van der Waals surface area contributed by atoms with E-state index in [0.29, 0.717) is 11.6 Å². The van der Waals surface area contributed by atoms with Crippen molar-refractivity contribution < 1.29 is 0 Å². The van der Waals surface area contributed by atoms with Crippen LogP contribution in [0.5, 0.6) is 0 Å². The fraction of sp³-hybridized carbons (Fsp3) is 0.286. The van der Waals surface area contributed by atoms with E-state index in [1.165, 1.54) is 5.56 Å². The molecule has 1 heterocycles. The van der Waals surface area contributed by atoms with E-state index >= 15 is 0 Å². The Balaban J connectivity index is 2.52. The lowest BCUT2D eigenvalue weighted by Gasteiger charge is -2.09. The van der Waals surface area contributed by atoms with Gasteiger partial charge in [0.1, 0.15) is 5.82 Å². The number of hydrogen-bond donors (Lipinski definition) is 1. The van der Waals surface area contributed by atoms with Crippen LogP contribution in [0, 0.1) is 10.5 Å². The minimum Gasteiger partial charge on any atom is -0.383 e. The van der Waals surface area contributed by atoms with Gasteiger partial charge in [0.05, 0.1) is 9.26 Å². The van der Waals surface area contributed by atoms with Crippen LogP contribution in [0.3, 0.4) is 0 Å². The van der Waals surface area contributed by atoms with E-state index in [1.54, 1.807) is 0 Å². The molecule has 0 radical (unpaired) electrons. The number of nitrogens with two attached hydrogens (primary N) is 1. The van der Waals surface area contributed by atoms with Crippen LogP contribution >= 0.6 is 38.5 Å². The first kappa shape index (κ1) is 14.7. The van der Waals surface area contributed by atoms with Crippen molar-refractivity contribution in [2.75, 3.05) is 5.73 Å². The number of nitrogen functional groups attached to an aromatic ring is 1. The van der Waals surface area contributed by atoms with Crippen molar-refractivity contribution in [3.8, 4) is 11.4 Å². The zero-order valence-electron chi connectivity index (χ0n) is 10.9. The van der Waals surface area contributed by atoms with Crippen molar-refractivity contribution in [2.45, 2.75) is 26.7 Å². The molecule has 0 atom stereocenters. The van der Waals surface area contributed by atoms with Crippen LogP contribution in [0.15, 0.2) is 22.7 Å². The Kier molecular flexibility index (Phi) is 4.78. The minimum absolute atomic E-state index is 0.561. The number of benzene rings is 1. The van der Waals surface area contributed by atoms with Crippen LogP contribution in [0.1, 0.15) is 24.6 Å². The van der Waals surface area contributed by atoms with Crippen molar-refractivity contribution in [2.24, 2.45) is 0 Å². The zero-order valence-corrected chi connectivity index (χ0v) is 14.6. The highest BCUT2D eigenvalue weighted by atomic mass is 127. The normalized spacial score (nSPS) is 10.7. The molecule has 100 valence electrons. The monoisotopic (exact) mass is 431 g/mol. The van der Waals surface area contributed by atoms with E-state index in [2.05, 4.69) is 68.4 Å². The van der Waals surface area contributed by atoms with Gasteiger partial charge < -0.3 is 5.73 Å². The Hall–Kier alpha value is -0.690. The first-order chi connectivity index (χ1) is 9.02. The highest BCUT2D eigenvalue weighted by molar-refractivity contribution is 14.1. The molecular formula is C14H15BrIN3. The van der Waals surface area contributed by atoms with E-state index < -0.39 is 0 Å². The van der Waals surface area contributed by atoms with Gasteiger partial charge >= 0.3 is 0 Å². The van der Waals surface area contributed by atoms with Gasteiger partial charge in [0.25, 0.3) is 0 Å². The van der Waals surface area contributed by atoms with Crippen molar-refractivity contribution >= 4 is 44.3 Å². The molecule has 2 N–H and O–H groups in total. The van der Waals surface area contributed by atoms with Crippen LogP contribution in [0.2, 0.25) is 0 Å². The predicted molar refractivity (Wildman–Crippen MR) is 91.0 cm³/mol. The van der Waals surface area contributed by atoms with Crippen LogP contribution in [0.25, 0.3) is 11.4 Å². The summed E-state index contributed by atoms with van der Waals surface area (Å²) in [6.45, 7) is 4.19. The maximum atomic E-state index is 5.99. The number of aryl methyl sites for hydroxylation is 2. The zero-order chi connectivity index (χ0) is 14.0. The van der Waals surface area contributed by atoms with E-state index in [9.17, 15) is 0 Å². The van der Waals surface area contributed by atoms with Crippen LogP contribution in [-0.4, -0.2) is 9.97 Å². The molecule has 1 aromatic carbocycles. The van der Waals surface area contributed by atoms with Gasteiger partial charge in [-0.15, -0.1) is 0 Å². The first-order valence-electron chi connectivity index (χ1n) is 6.11. The molecule has 0 fully saturated rings. The van der Waals surface area contributed by atoms with Crippen molar-refractivity contribution in [1.82, 2.24) is 9.97 Å². The Morgan fingerprint density at radius 1 is 1.32 bits per heavy atom. The summed E-state index contributed by atoms with van der Waals surface area (Å²) in [7, 11) is 0. The SMILES string of the molecule is CCCc1nc(-c2ccc(C)c(Br)c2)nc(N)c1I. The summed E-state index contributed by atoms with van der Waals surface area (Å²) < 4.78 is 2.03. The molecule has 0 amide bonds. The third-order valence-electron chi connectivity index (χ3n) is 2.86. The quantitative estimate of drug-likeness (QED) is 0.734. The summed E-state index contributed by atoms with van der Waals surface area (Å²) in [5, 5.41) is 0. The largest absolute Gasteiger partial charge is 0.383 e. The van der Waals surface area contributed by atoms with Crippen LogP contribution < -0.4 is 5.73 Å². The van der Waals surface area contributed by atoms with Gasteiger partial charge in [-0.2, -0.15) is 0 Å². The number of anilines is 1. The van der Waals surface area contributed by atoms with Gasteiger partial charge in [0.15, 0.2) is 5.82 Å². The van der Waals surface area contributed by atoms with E-state index in [1.807, 2.05) is 12.1 Å². The van der Waals surface area contributed by atoms with E-state index in [-0.39, 0.29) is 0 Å². The molecule has 0 bridgehead atoms. The molecule has 0 saturated carbocycles. The first-order valence-corrected chi connectivity index (χ1v) is 7.98. The molecule has 2 aromatic rings. The maximum Gasteiger partial charge on any atom is 0.161 e. The number of aromatic nitrogens is 2. The molecule has 1 aromatic heterocycles. The second-order valence-corrected chi connectivity index (χ2v) is 6.34. The van der Waals surface area contributed by atoms with Gasteiger partial charge in [0.2, 0.25) is 0 Å². The molecule has 0 spiro atoms. The van der Waals surface area contributed by atoms with Crippen molar-refractivity contribution in [3.63, 3.8) is 0 Å². The number of nitrogens with zero attached hydrogens (tertiary/aromatic N) is 2. The number of halogens is 2. The minimum atomic E-state index is 0.561. The van der Waals surface area contributed by atoms with Gasteiger partial charge in [-0.3, -0.25) is 0 Å². The van der Waals surface area contributed by atoms with E-state index in [4.69, 9.17) is 5.73 Å². The maximum absolute atomic E-state index is 5.99. The summed E-state index contributed by atoms with van der Waals surface area (Å²) in [6.07, 6.45) is 1.97. The highest BCUT2D eigenvalue weighted by Crippen LogP contribution is 2.26. The lowest BCUT2D eigenvalue weighted by Crippen LogP contribution is -2.05. The summed E-state index contributed by atoms with van der Waals surface area (Å²) in [4.78, 5) is 9.04. The van der Waals surface area contributed by atoms with Gasteiger partial charge in [-0.25, -0.2) is 9.97 Å². The lowest BCUT2D eigenvalue weighted by molar-refractivity contribution is 0.869. The average Bonchev–Trinajstić information content (AvgIpc) is 2.38. The second kappa shape index (κ2) is 6.17. The molecule has 5 heteroatoms. The molecular weight excluding hydrogens is 417 g/mol. The standard InChI is InChI=1S/C14H15BrIN3/c1-3-4-11-12(16)13(17)19-14(18-11)9-6-5-8(2)10(15)7-9/h5-7H,3-4H2,1-2H3,(H2,17,18,19). The second-order valence-electron chi connectivity index (χ2n) is 4.41. The lowest BCUT2D eigenvalue weighted by atomic mass is 10.1. The third kappa shape index (κ3) is 3.25. The Morgan fingerprint density at radius 2 is 2.05 bits per heavy atom. The third-order valence-corrected chi connectivity index (χ3v) is 4.89. The molecule has 0 aliphatic heterocycles. The highest BCUT2D eigenvalue weighted by Gasteiger charge is 2.11. The smallest absolute Gasteiger partial charge is 0.161 e. The van der Waals surface area contributed by atoms with Crippen molar-refractivity contribution in [1.29, 1.82) is 0 Å². The average molecular weight is 432 g/mol. The van der Waals surface area contributed by atoms with E-state index in [0.717, 1.165) is 32.1 Å². The Morgan fingerprint density at radius 3 is 2.68 bits per heavy atom. The molecule has 3 nitrogen and oxygen atoms in total. The van der Waals surface area contributed by atoms with Crippen LogP contribution in [0.4, 0.5) is 5.82 Å². The van der Waals surface area contributed by atoms with Crippen molar-refractivity contribution in [3.05, 3.63) is 37.5 Å². The van der Waals surface area contributed by atoms with Gasteiger partial charge in [-0.05, 0) is 47.6 Å². The molecule has 0 saturated heterocycles. The molecule has 19 heavy (non-hydrogen) atoms. The summed E-state index contributed by atoms with van der Waals surface area (Å²) in [5.74, 6) is 1.26. The molecule has 0 unspecified atom stereocenters. The topological polar surface area (TPSA) is 51.8 Å². The Labute approximate surface area is 135 Å². The van der Waals surface area contributed by atoms with Gasteiger partial charge in [0, 0.05) is 10.0 Å². The fourth-order valence-electron chi connectivity index (χ4n) is 1.78. The molecule has 0 aliphatic carbocycles. The van der Waals surface area contributed by atoms with Crippen LogP contribution in [-0.2, 0) is 6.42 Å². The summed E-state index contributed by atoms with van der Waals surface area (Å²) in [6, 6.07) is 6.11. The van der Waals surface area contributed by atoms with Gasteiger partial charge in [-0.1, -0.05) is 41.4 Å². The number of hydrogen-bond acceptors (Lipinski definition) is 3. The molecule has 2 rings (SSSR count). The molecule has 0 aliphatic rings. The summed E-state index contributed by atoms with van der Waals surface area (Å²) in [5.41, 5.74) is 9.19. The number of rotatable bonds is 3.